The molecule has 3 rings (SSSR count). The van der Waals surface area contributed by atoms with Gasteiger partial charge in [0.15, 0.2) is 0 Å². The molecule has 0 heterocycles. The summed E-state index contributed by atoms with van der Waals surface area (Å²) in [4.78, 5) is 28.2. The van der Waals surface area contributed by atoms with Crippen molar-refractivity contribution in [3.8, 4) is 5.75 Å². The van der Waals surface area contributed by atoms with Crippen LogP contribution < -0.4 is 14.4 Å². The summed E-state index contributed by atoms with van der Waals surface area (Å²) in [5, 5.41) is 2.85. The highest BCUT2D eigenvalue weighted by Crippen LogP contribution is 2.32. The SMILES string of the molecule is CCC(C)NC(=O)C(C)N(Cc1ccccc1F)C(=O)CN(c1ccccc1OC)S(=O)(=O)c1ccc(C)cc1. The van der Waals surface area contributed by atoms with Crippen molar-refractivity contribution >= 4 is 27.5 Å². The maximum Gasteiger partial charge on any atom is 0.264 e. The molecule has 0 aliphatic carbocycles. The molecule has 0 saturated heterocycles. The number of anilines is 1. The Balaban J connectivity index is 2.07. The second kappa shape index (κ2) is 13.4. The first-order valence-corrected chi connectivity index (χ1v) is 14.5. The van der Waals surface area contributed by atoms with E-state index in [9.17, 15) is 22.4 Å². The number of amides is 2. The predicted molar refractivity (Wildman–Crippen MR) is 153 cm³/mol. The minimum Gasteiger partial charge on any atom is -0.495 e. The summed E-state index contributed by atoms with van der Waals surface area (Å²) in [5.41, 5.74) is 1.22. The topological polar surface area (TPSA) is 96.0 Å². The van der Waals surface area contributed by atoms with Crippen LogP contribution in [-0.2, 0) is 26.2 Å². The molecule has 0 radical (unpaired) electrons. The first kappa shape index (κ1) is 30.6. The van der Waals surface area contributed by atoms with Crippen LogP contribution in [-0.4, -0.2) is 50.9 Å². The van der Waals surface area contributed by atoms with Crippen molar-refractivity contribution in [1.82, 2.24) is 10.2 Å². The maximum absolute atomic E-state index is 14.7. The van der Waals surface area contributed by atoms with Gasteiger partial charge in [-0.25, -0.2) is 12.8 Å². The Morgan fingerprint density at radius 2 is 1.60 bits per heavy atom. The summed E-state index contributed by atoms with van der Waals surface area (Å²) >= 11 is 0. The molecule has 0 saturated carbocycles. The first-order valence-electron chi connectivity index (χ1n) is 13.0. The molecule has 1 N–H and O–H groups in total. The minimum absolute atomic E-state index is 0.0139. The number of ether oxygens (including phenoxy) is 1. The highest BCUT2D eigenvalue weighted by molar-refractivity contribution is 7.92. The average Bonchev–Trinajstić information content (AvgIpc) is 2.95. The molecule has 214 valence electrons. The number of benzene rings is 3. The van der Waals surface area contributed by atoms with Crippen LogP contribution in [0.25, 0.3) is 0 Å². The number of sulfonamides is 1. The number of hydrogen-bond acceptors (Lipinski definition) is 5. The highest BCUT2D eigenvalue weighted by Gasteiger charge is 2.34. The van der Waals surface area contributed by atoms with Crippen molar-refractivity contribution in [2.45, 2.75) is 57.6 Å². The van der Waals surface area contributed by atoms with E-state index >= 15 is 0 Å². The number of hydrogen-bond donors (Lipinski definition) is 1. The van der Waals surface area contributed by atoms with E-state index < -0.39 is 40.2 Å². The van der Waals surface area contributed by atoms with Gasteiger partial charge in [-0.3, -0.25) is 13.9 Å². The fraction of sp³-hybridized carbons (Fsp3) is 0.333. The van der Waals surface area contributed by atoms with E-state index in [4.69, 9.17) is 4.74 Å². The molecule has 2 atom stereocenters. The third kappa shape index (κ3) is 7.18. The molecule has 10 heteroatoms. The van der Waals surface area contributed by atoms with Crippen molar-refractivity contribution in [3.63, 3.8) is 0 Å². The second-order valence-corrected chi connectivity index (χ2v) is 11.5. The first-order chi connectivity index (χ1) is 19.0. The van der Waals surface area contributed by atoms with Gasteiger partial charge in [-0.15, -0.1) is 0 Å². The third-order valence-electron chi connectivity index (χ3n) is 6.71. The smallest absolute Gasteiger partial charge is 0.264 e. The van der Waals surface area contributed by atoms with Gasteiger partial charge in [0, 0.05) is 18.2 Å². The molecule has 0 fully saturated rings. The van der Waals surface area contributed by atoms with Gasteiger partial charge >= 0.3 is 0 Å². The van der Waals surface area contributed by atoms with Gasteiger partial charge in [-0.05, 0) is 57.5 Å². The van der Waals surface area contributed by atoms with Crippen LogP contribution in [0.1, 0.15) is 38.3 Å². The van der Waals surface area contributed by atoms with Gasteiger partial charge in [0.25, 0.3) is 10.0 Å². The van der Waals surface area contributed by atoms with Crippen LogP contribution in [0.2, 0.25) is 0 Å². The van der Waals surface area contributed by atoms with Crippen molar-refractivity contribution in [3.05, 3.63) is 89.7 Å². The maximum atomic E-state index is 14.7. The molecule has 0 aromatic heterocycles. The van der Waals surface area contributed by atoms with E-state index in [0.29, 0.717) is 6.42 Å². The van der Waals surface area contributed by atoms with Crippen LogP contribution in [0.3, 0.4) is 0 Å². The summed E-state index contributed by atoms with van der Waals surface area (Å²) < 4.78 is 48.9. The number of para-hydroxylation sites is 2. The number of nitrogens with one attached hydrogen (secondary N) is 1. The number of halogens is 1. The molecule has 0 aliphatic rings. The fourth-order valence-electron chi connectivity index (χ4n) is 4.04. The standard InChI is InChI=1S/C30H36FN3O5S/c1-6-22(3)32-30(36)23(4)33(19-24-11-7-8-12-26(24)31)29(35)20-34(27-13-9-10-14-28(27)39-5)40(37,38)25-17-15-21(2)16-18-25/h7-18,22-23H,6,19-20H2,1-5H3,(H,32,36). The lowest BCUT2D eigenvalue weighted by Crippen LogP contribution is -2.52. The molecule has 0 spiro atoms. The fourth-order valence-corrected chi connectivity index (χ4v) is 5.47. The van der Waals surface area contributed by atoms with Gasteiger partial charge in [-0.2, -0.15) is 0 Å². The lowest BCUT2D eigenvalue weighted by molar-refractivity contribution is -0.139. The molecule has 0 aliphatic heterocycles. The van der Waals surface area contributed by atoms with Crippen LogP contribution in [0.5, 0.6) is 5.75 Å². The van der Waals surface area contributed by atoms with Crippen LogP contribution >= 0.6 is 0 Å². The number of rotatable bonds is 12. The third-order valence-corrected chi connectivity index (χ3v) is 8.48. The molecule has 0 bridgehead atoms. The molecule has 8 nitrogen and oxygen atoms in total. The molecule has 3 aromatic rings. The van der Waals surface area contributed by atoms with Crippen LogP contribution in [0.4, 0.5) is 10.1 Å². The number of aryl methyl sites for hydroxylation is 1. The number of methoxy groups -OCH3 is 1. The largest absolute Gasteiger partial charge is 0.495 e. The van der Waals surface area contributed by atoms with Gasteiger partial charge in [-0.1, -0.05) is 55.0 Å². The molecule has 2 amide bonds. The molecule has 3 aromatic carbocycles. The lowest BCUT2D eigenvalue weighted by atomic mass is 10.1. The summed E-state index contributed by atoms with van der Waals surface area (Å²) in [7, 11) is -2.84. The molecule has 40 heavy (non-hydrogen) atoms. The van der Waals surface area contributed by atoms with Crippen molar-refractivity contribution in [1.29, 1.82) is 0 Å². The monoisotopic (exact) mass is 569 g/mol. The summed E-state index contributed by atoms with van der Waals surface area (Å²) in [5.74, 6) is -1.40. The molecular weight excluding hydrogens is 533 g/mol. The van der Waals surface area contributed by atoms with Crippen molar-refractivity contribution in [2.24, 2.45) is 0 Å². The Bertz CT molecular complexity index is 1430. The van der Waals surface area contributed by atoms with Gasteiger partial charge < -0.3 is 15.0 Å². The van der Waals surface area contributed by atoms with E-state index in [1.54, 1.807) is 43.3 Å². The Morgan fingerprint density at radius 1 is 0.975 bits per heavy atom. The lowest BCUT2D eigenvalue weighted by Gasteiger charge is -2.32. The quantitative estimate of drug-likeness (QED) is 0.342. The number of carbonyl (C=O) groups excluding carboxylic acids is 2. The van der Waals surface area contributed by atoms with E-state index in [1.165, 1.54) is 48.4 Å². The van der Waals surface area contributed by atoms with Crippen LogP contribution in [0.15, 0.2) is 77.7 Å². The summed E-state index contributed by atoms with van der Waals surface area (Å²) in [6.07, 6.45) is 0.677. The van der Waals surface area contributed by atoms with E-state index in [-0.39, 0.29) is 34.5 Å². The normalized spacial score (nSPS) is 12.8. The zero-order valence-corrected chi connectivity index (χ0v) is 24.2. The molecule has 2 unspecified atom stereocenters. The Morgan fingerprint density at radius 3 is 2.23 bits per heavy atom. The van der Waals surface area contributed by atoms with Crippen molar-refractivity contribution < 1.29 is 27.1 Å². The van der Waals surface area contributed by atoms with E-state index in [0.717, 1.165) is 9.87 Å². The highest BCUT2D eigenvalue weighted by atomic mass is 32.2. The van der Waals surface area contributed by atoms with Crippen LogP contribution in [0, 0.1) is 12.7 Å². The van der Waals surface area contributed by atoms with Gasteiger partial charge in [0.2, 0.25) is 11.8 Å². The zero-order chi connectivity index (χ0) is 29.4. The van der Waals surface area contributed by atoms with E-state index in [2.05, 4.69) is 5.32 Å². The molecular formula is C30H36FN3O5S. The summed E-state index contributed by atoms with van der Waals surface area (Å²) in [6.45, 7) is 6.25. The van der Waals surface area contributed by atoms with E-state index in [1.807, 2.05) is 20.8 Å². The number of nitrogens with zero attached hydrogens (tertiary/aromatic N) is 2. The average molecular weight is 570 g/mol. The van der Waals surface area contributed by atoms with Crippen molar-refractivity contribution in [2.75, 3.05) is 18.0 Å². The Hall–Kier alpha value is -3.92. The minimum atomic E-state index is -4.25. The summed E-state index contributed by atoms with van der Waals surface area (Å²) in [6, 6.07) is 17.5. The van der Waals surface area contributed by atoms with Gasteiger partial charge in [0.05, 0.1) is 17.7 Å². The second-order valence-electron chi connectivity index (χ2n) is 9.60. The van der Waals surface area contributed by atoms with Gasteiger partial charge in [0.1, 0.15) is 24.2 Å². The Kier molecular flexibility index (Phi) is 10.3. The Labute approximate surface area is 235 Å². The predicted octanol–water partition coefficient (Wildman–Crippen LogP) is 4.67. The zero-order valence-electron chi connectivity index (χ0n) is 23.4. The number of carbonyl (C=O) groups is 2.